The maximum absolute atomic E-state index is 10.8. The number of nitrogens with zero attached hydrogens (tertiary/aromatic N) is 1. The summed E-state index contributed by atoms with van der Waals surface area (Å²) in [6.45, 7) is 5.31. The molecule has 13 heavy (non-hydrogen) atoms. The molecule has 5 heteroatoms. The Morgan fingerprint density at radius 2 is 1.92 bits per heavy atom. The molecular weight excluding hydrogens is 172 g/mol. The summed E-state index contributed by atoms with van der Waals surface area (Å²) in [6, 6.07) is 0. The normalized spacial score (nSPS) is 11.7. The number of primary amides is 1. The van der Waals surface area contributed by atoms with E-state index in [1.807, 2.05) is 0 Å². The molecule has 5 nitrogen and oxygen atoms in total. The van der Waals surface area contributed by atoms with Gasteiger partial charge in [0.2, 0.25) is 5.91 Å². The van der Waals surface area contributed by atoms with Crippen LogP contribution in [0.15, 0.2) is 0 Å². The molecule has 0 saturated carbocycles. The van der Waals surface area contributed by atoms with Crippen molar-refractivity contribution in [1.29, 1.82) is 0 Å². The van der Waals surface area contributed by atoms with Crippen LogP contribution in [-0.4, -0.2) is 40.5 Å². The third-order valence-electron chi connectivity index (χ3n) is 2.04. The van der Waals surface area contributed by atoms with Gasteiger partial charge in [-0.25, -0.2) is 0 Å². The Morgan fingerprint density at radius 3 is 2.15 bits per heavy atom. The maximum atomic E-state index is 10.8. The number of nitrogens with two attached hydrogens (primary N) is 1. The molecule has 0 unspecified atom stereocenters. The van der Waals surface area contributed by atoms with E-state index in [1.54, 1.807) is 20.8 Å². The summed E-state index contributed by atoms with van der Waals surface area (Å²) in [5.41, 5.74) is 3.94. The highest BCUT2D eigenvalue weighted by atomic mass is 16.4. The van der Waals surface area contributed by atoms with Gasteiger partial charge in [0.05, 0.1) is 6.54 Å². The number of carboxylic acids is 1. The zero-order chi connectivity index (χ0) is 10.6. The molecular formula is C8H16N2O3. The highest BCUT2D eigenvalue weighted by molar-refractivity contribution is 5.80. The van der Waals surface area contributed by atoms with Crippen LogP contribution in [0, 0.1) is 0 Å². The van der Waals surface area contributed by atoms with Gasteiger partial charge < -0.3 is 10.8 Å². The van der Waals surface area contributed by atoms with E-state index in [0.29, 0.717) is 6.54 Å². The lowest BCUT2D eigenvalue weighted by Crippen LogP contribution is -2.52. The monoisotopic (exact) mass is 188 g/mol. The lowest BCUT2D eigenvalue weighted by Gasteiger charge is -2.32. The predicted molar refractivity (Wildman–Crippen MR) is 48.2 cm³/mol. The van der Waals surface area contributed by atoms with Crippen molar-refractivity contribution >= 4 is 11.9 Å². The van der Waals surface area contributed by atoms with Crippen LogP contribution in [0.4, 0.5) is 0 Å². The summed E-state index contributed by atoms with van der Waals surface area (Å²) < 4.78 is 0. The third kappa shape index (κ3) is 3.02. The molecule has 0 bridgehead atoms. The number of hydrogen-bond donors (Lipinski definition) is 2. The van der Waals surface area contributed by atoms with Crippen LogP contribution in [0.1, 0.15) is 20.8 Å². The molecule has 0 aromatic rings. The Labute approximate surface area is 77.5 Å². The number of rotatable bonds is 5. The quantitative estimate of drug-likeness (QED) is 0.618. The average Bonchev–Trinajstić information content (AvgIpc) is 1.99. The van der Waals surface area contributed by atoms with Gasteiger partial charge in [0.15, 0.2) is 0 Å². The number of carboxylic acid groups (broad SMARTS) is 1. The van der Waals surface area contributed by atoms with E-state index in [4.69, 9.17) is 10.8 Å². The molecule has 0 aliphatic rings. The first-order valence-corrected chi connectivity index (χ1v) is 4.09. The van der Waals surface area contributed by atoms with Crippen LogP contribution in [-0.2, 0) is 9.59 Å². The van der Waals surface area contributed by atoms with Crippen molar-refractivity contribution in [3.05, 3.63) is 0 Å². The Hall–Kier alpha value is -1.10. The minimum Gasteiger partial charge on any atom is -0.480 e. The molecule has 0 spiro atoms. The van der Waals surface area contributed by atoms with Crippen LogP contribution in [0.5, 0.6) is 0 Å². The van der Waals surface area contributed by atoms with Crippen LogP contribution < -0.4 is 5.73 Å². The van der Waals surface area contributed by atoms with Crippen molar-refractivity contribution in [2.45, 2.75) is 26.3 Å². The summed E-state index contributed by atoms with van der Waals surface area (Å²) >= 11 is 0. The summed E-state index contributed by atoms with van der Waals surface area (Å²) in [5, 5.41) is 8.86. The molecule has 0 aromatic carbocycles. The number of carbonyl (C=O) groups is 2. The second-order valence-corrected chi connectivity index (χ2v) is 3.34. The standard InChI is InChI=1S/C8H16N2O3/c1-4-10(5-6(9)11)8(2,3)7(12)13/h4-5H2,1-3H3,(H2,9,11)(H,12,13). The Balaban J connectivity index is 4.55. The summed E-state index contributed by atoms with van der Waals surface area (Å²) in [4.78, 5) is 22.9. The van der Waals surface area contributed by atoms with Gasteiger partial charge in [-0.05, 0) is 20.4 Å². The van der Waals surface area contributed by atoms with E-state index >= 15 is 0 Å². The van der Waals surface area contributed by atoms with Crippen LogP contribution >= 0.6 is 0 Å². The fourth-order valence-corrected chi connectivity index (χ4v) is 1.03. The Morgan fingerprint density at radius 1 is 1.46 bits per heavy atom. The Kier molecular flexibility index (Phi) is 3.87. The van der Waals surface area contributed by atoms with Crippen LogP contribution in [0.25, 0.3) is 0 Å². The second-order valence-electron chi connectivity index (χ2n) is 3.34. The molecule has 0 radical (unpaired) electrons. The van der Waals surface area contributed by atoms with Gasteiger partial charge in [-0.1, -0.05) is 6.92 Å². The van der Waals surface area contributed by atoms with Crippen molar-refractivity contribution in [1.82, 2.24) is 4.90 Å². The molecule has 76 valence electrons. The fourth-order valence-electron chi connectivity index (χ4n) is 1.03. The minimum atomic E-state index is -1.05. The molecule has 0 heterocycles. The van der Waals surface area contributed by atoms with E-state index < -0.39 is 17.4 Å². The van der Waals surface area contributed by atoms with E-state index in [1.165, 1.54) is 4.90 Å². The largest absolute Gasteiger partial charge is 0.480 e. The van der Waals surface area contributed by atoms with Crippen molar-refractivity contribution < 1.29 is 14.7 Å². The SMILES string of the molecule is CCN(CC(N)=O)C(C)(C)C(=O)O. The maximum Gasteiger partial charge on any atom is 0.323 e. The number of aliphatic carboxylic acids is 1. The van der Waals surface area contributed by atoms with E-state index in [9.17, 15) is 9.59 Å². The van der Waals surface area contributed by atoms with Crippen LogP contribution in [0.3, 0.4) is 0 Å². The van der Waals surface area contributed by atoms with Crippen molar-refractivity contribution in [3.63, 3.8) is 0 Å². The fraction of sp³-hybridized carbons (Fsp3) is 0.750. The molecule has 0 aromatic heterocycles. The van der Waals surface area contributed by atoms with E-state index in [2.05, 4.69) is 0 Å². The molecule has 0 aliphatic heterocycles. The molecule has 0 atom stereocenters. The predicted octanol–water partition coefficient (Wildman–Crippen LogP) is -0.343. The number of amides is 1. The van der Waals surface area contributed by atoms with Gasteiger partial charge in [0.1, 0.15) is 5.54 Å². The lowest BCUT2D eigenvalue weighted by molar-refractivity contribution is -0.149. The second kappa shape index (κ2) is 4.23. The lowest BCUT2D eigenvalue weighted by atomic mass is 10.0. The first kappa shape index (κ1) is 11.9. The van der Waals surface area contributed by atoms with Crippen LogP contribution in [0.2, 0.25) is 0 Å². The van der Waals surface area contributed by atoms with Gasteiger partial charge in [-0.15, -0.1) is 0 Å². The highest BCUT2D eigenvalue weighted by Gasteiger charge is 2.34. The Bertz CT molecular complexity index is 213. The highest BCUT2D eigenvalue weighted by Crippen LogP contribution is 2.13. The van der Waals surface area contributed by atoms with Crippen molar-refractivity contribution in [2.75, 3.05) is 13.1 Å². The minimum absolute atomic E-state index is 0.0319. The first-order chi connectivity index (χ1) is 5.82. The number of carbonyl (C=O) groups excluding carboxylic acids is 1. The molecule has 0 saturated heterocycles. The number of hydrogen-bond acceptors (Lipinski definition) is 3. The van der Waals surface area contributed by atoms with E-state index in [-0.39, 0.29) is 6.54 Å². The van der Waals surface area contributed by atoms with Gasteiger partial charge >= 0.3 is 5.97 Å². The van der Waals surface area contributed by atoms with Gasteiger partial charge in [-0.3, -0.25) is 14.5 Å². The topological polar surface area (TPSA) is 83.6 Å². The van der Waals surface area contributed by atoms with Gasteiger partial charge in [-0.2, -0.15) is 0 Å². The van der Waals surface area contributed by atoms with Crippen molar-refractivity contribution in [2.24, 2.45) is 5.73 Å². The first-order valence-electron chi connectivity index (χ1n) is 4.09. The zero-order valence-electron chi connectivity index (χ0n) is 8.20. The molecule has 0 aliphatic carbocycles. The summed E-state index contributed by atoms with van der Waals surface area (Å²) in [6.07, 6.45) is 0. The van der Waals surface area contributed by atoms with Gasteiger partial charge in [0.25, 0.3) is 0 Å². The molecule has 3 N–H and O–H groups in total. The van der Waals surface area contributed by atoms with Crippen molar-refractivity contribution in [3.8, 4) is 0 Å². The zero-order valence-corrected chi connectivity index (χ0v) is 8.20. The summed E-state index contributed by atoms with van der Waals surface area (Å²) in [5.74, 6) is -1.48. The van der Waals surface area contributed by atoms with E-state index in [0.717, 1.165) is 0 Å². The molecule has 0 rings (SSSR count). The molecule has 1 amide bonds. The third-order valence-corrected chi connectivity index (χ3v) is 2.04. The number of likely N-dealkylation sites (N-methyl/N-ethyl adjacent to an activating group) is 1. The van der Waals surface area contributed by atoms with Gasteiger partial charge in [0, 0.05) is 0 Å². The summed E-state index contributed by atoms with van der Waals surface area (Å²) in [7, 11) is 0. The smallest absolute Gasteiger partial charge is 0.323 e. The molecule has 0 fully saturated rings. The average molecular weight is 188 g/mol.